The van der Waals surface area contributed by atoms with E-state index >= 15 is 0 Å². The number of carbonyl (C=O) groups is 3. The van der Waals surface area contributed by atoms with Crippen LogP contribution in [0.15, 0.2) is 41.0 Å². The highest BCUT2D eigenvalue weighted by Crippen LogP contribution is 2.28. The van der Waals surface area contributed by atoms with Gasteiger partial charge in [-0.3, -0.25) is 9.59 Å². The van der Waals surface area contributed by atoms with E-state index in [4.69, 9.17) is 16.0 Å². The van der Waals surface area contributed by atoms with Crippen molar-refractivity contribution in [1.82, 2.24) is 5.32 Å². The fourth-order valence-corrected chi connectivity index (χ4v) is 2.53. The van der Waals surface area contributed by atoms with E-state index in [0.29, 0.717) is 16.5 Å². The van der Waals surface area contributed by atoms with E-state index in [9.17, 15) is 14.4 Å². The summed E-state index contributed by atoms with van der Waals surface area (Å²) >= 11 is 6.17. The average molecular weight is 379 g/mol. The third-order valence-corrected chi connectivity index (χ3v) is 3.96. The van der Waals surface area contributed by atoms with Gasteiger partial charge in [-0.15, -0.1) is 0 Å². The number of hydrogen-bond donors (Lipinski definition) is 1. The van der Waals surface area contributed by atoms with Crippen LogP contribution in [0.3, 0.4) is 0 Å². The van der Waals surface area contributed by atoms with E-state index in [2.05, 4.69) is 10.1 Å². The Morgan fingerprint density at radius 1 is 1.27 bits per heavy atom. The first-order valence-corrected chi connectivity index (χ1v) is 8.25. The van der Waals surface area contributed by atoms with Gasteiger partial charge in [-0.25, -0.2) is 4.79 Å². The fourth-order valence-electron chi connectivity index (χ4n) is 2.31. The quantitative estimate of drug-likeness (QED) is 0.748. The van der Waals surface area contributed by atoms with Crippen molar-refractivity contribution in [2.45, 2.75) is 19.9 Å². The maximum atomic E-state index is 12.0. The summed E-state index contributed by atoms with van der Waals surface area (Å²) in [5.41, 5.74) is 0.612. The molecule has 2 aromatic rings. The van der Waals surface area contributed by atoms with E-state index in [1.54, 1.807) is 12.1 Å². The third-order valence-electron chi connectivity index (χ3n) is 3.64. The number of nitrogens with zero attached hydrogens (tertiary/aromatic N) is 1. The number of benzene rings is 1. The molecule has 2 amide bonds. The van der Waals surface area contributed by atoms with Crippen LogP contribution in [0, 0.1) is 0 Å². The molecule has 1 heterocycles. The van der Waals surface area contributed by atoms with E-state index in [1.165, 1.54) is 43.4 Å². The lowest BCUT2D eigenvalue weighted by molar-refractivity contribution is -0.121. The number of amides is 2. The van der Waals surface area contributed by atoms with Crippen molar-refractivity contribution in [3.8, 4) is 0 Å². The fraction of sp³-hybridized carbons (Fsp3) is 0.278. The van der Waals surface area contributed by atoms with Crippen molar-refractivity contribution in [2.75, 3.05) is 18.6 Å². The molecule has 0 aliphatic heterocycles. The molecule has 1 aromatic carbocycles. The molecule has 0 aliphatic carbocycles. The zero-order valence-electron chi connectivity index (χ0n) is 14.5. The molecule has 0 saturated heterocycles. The second kappa shape index (κ2) is 9.05. The second-order valence-electron chi connectivity index (χ2n) is 5.43. The number of carbonyl (C=O) groups excluding carboxylic acids is 3. The van der Waals surface area contributed by atoms with E-state index < -0.39 is 5.97 Å². The van der Waals surface area contributed by atoms with Crippen molar-refractivity contribution in [3.05, 3.63) is 52.9 Å². The number of anilines is 1. The first-order valence-electron chi connectivity index (χ1n) is 7.87. The van der Waals surface area contributed by atoms with Gasteiger partial charge in [-0.05, 0) is 30.3 Å². The number of rotatable bonds is 7. The zero-order chi connectivity index (χ0) is 19.1. The molecule has 0 bridgehead atoms. The molecule has 0 unspecified atom stereocenters. The van der Waals surface area contributed by atoms with Gasteiger partial charge < -0.3 is 19.4 Å². The largest absolute Gasteiger partial charge is 0.467 e. The van der Waals surface area contributed by atoms with Crippen LogP contribution in [0.25, 0.3) is 0 Å². The predicted octanol–water partition coefficient (Wildman–Crippen LogP) is 2.78. The van der Waals surface area contributed by atoms with Gasteiger partial charge in [0.05, 0.1) is 36.2 Å². The van der Waals surface area contributed by atoms with Gasteiger partial charge >= 0.3 is 5.97 Å². The molecule has 0 fully saturated rings. The Kier molecular flexibility index (Phi) is 6.80. The number of esters is 1. The molecule has 1 aromatic heterocycles. The highest BCUT2D eigenvalue weighted by atomic mass is 35.5. The normalized spacial score (nSPS) is 10.3. The smallest absolute Gasteiger partial charge is 0.337 e. The van der Waals surface area contributed by atoms with Crippen LogP contribution in [-0.4, -0.2) is 31.4 Å². The summed E-state index contributed by atoms with van der Waals surface area (Å²) in [6, 6.07) is 7.97. The number of hydrogen-bond acceptors (Lipinski definition) is 5. The Morgan fingerprint density at radius 2 is 2.04 bits per heavy atom. The number of furan rings is 1. The summed E-state index contributed by atoms with van der Waals surface area (Å²) in [6.07, 6.45) is 1.59. The van der Waals surface area contributed by atoms with Gasteiger partial charge in [0.25, 0.3) is 0 Å². The second-order valence-corrected chi connectivity index (χ2v) is 5.84. The van der Waals surface area contributed by atoms with Crippen LogP contribution in [0.2, 0.25) is 5.02 Å². The van der Waals surface area contributed by atoms with E-state index in [0.717, 1.165) is 0 Å². The molecular weight excluding hydrogens is 360 g/mol. The minimum Gasteiger partial charge on any atom is -0.467 e. The van der Waals surface area contributed by atoms with Crippen molar-refractivity contribution < 1.29 is 23.5 Å². The van der Waals surface area contributed by atoms with Gasteiger partial charge in [0.1, 0.15) is 5.76 Å². The molecule has 0 radical (unpaired) electrons. The lowest BCUT2D eigenvalue weighted by atomic mass is 10.1. The topological polar surface area (TPSA) is 88.8 Å². The summed E-state index contributed by atoms with van der Waals surface area (Å²) in [4.78, 5) is 37.1. The maximum absolute atomic E-state index is 12.0. The summed E-state index contributed by atoms with van der Waals surface area (Å²) < 4.78 is 9.82. The first kappa shape index (κ1) is 19.5. The first-order chi connectivity index (χ1) is 12.4. The molecule has 8 heteroatoms. The Bertz CT molecular complexity index is 789. The standard InChI is InChI=1S/C18H19ClN2O5/c1-12(22)21(8-7-17(23)20-11-14-4-3-9-26-14)16-10-13(18(24)25-2)5-6-15(16)19/h3-6,9-10H,7-8,11H2,1-2H3,(H,20,23). The number of halogens is 1. The zero-order valence-corrected chi connectivity index (χ0v) is 15.2. The highest BCUT2D eigenvalue weighted by Gasteiger charge is 2.18. The van der Waals surface area contributed by atoms with Crippen LogP contribution in [0.5, 0.6) is 0 Å². The molecule has 7 nitrogen and oxygen atoms in total. The Morgan fingerprint density at radius 3 is 2.65 bits per heavy atom. The summed E-state index contributed by atoms with van der Waals surface area (Å²) in [5, 5.41) is 3.00. The average Bonchev–Trinajstić information content (AvgIpc) is 3.14. The molecule has 0 atom stereocenters. The van der Waals surface area contributed by atoms with Crippen molar-refractivity contribution in [2.24, 2.45) is 0 Å². The molecule has 0 spiro atoms. The minimum atomic E-state index is -0.539. The summed E-state index contributed by atoms with van der Waals surface area (Å²) in [7, 11) is 1.27. The monoisotopic (exact) mass is 378 g/mol. The van der Waals surface area contributed by atoms with Gasteiger partial charge in [0.15, 0.2) is 0 Å². The van der Waals surface area contributed by atoms with Crippen LogP contribution in [-0.2, 0) is 20.9 Å². The van der Waals surface area contributed by atoms with Crippen molar-refractivity contribution in [1.29, 1.82) is 0 Å². The molecule has 26 heavy (non-hydrogen) atoms. The highest BCUT2D eigenvalue weighted by molar-refractivity contribution is 6.34. The van der Waals surface area contributed by atoms with E-state index in [1.807, 2.05) is 0 Å². The Balaban J connectivity index is 2.05. The number of methoxy groups -OCH3 is 1. The molecule has 0 aliphatic rings. The van der Waals surface area contributed by atoms with E-state index in [-0.39, 0.29) is 36.9 Å². The molecule has 2 rings (SSSR count). The number of nitrogens with one attached hydrogen (secondary N) is 1. The summed E-state index contributed by atoms with van der Waals surface area (Å²) in [6.45, 7) is 1.75. The van der Waals surface area contributed by atoms with Gasteiger partial charge in [0, 0.05) is 19.9 Å². The number of ether oxygens (including phenoxy) is 1. The van der Waals surface area contributed by atoms with Gasteiger partial charge in [-0.2, -0.15) is 0 Å². The lowest BCUT2D eigenvalue weighted by Gasteiger charge is -2.22. The SMILES string of the molecule is COC(=O)c1ccc(Cl)c(N(CCC(=O)NCc2ccco2)C(C)=O)c1. The van der Waals surface area contributed by atoms with Crippen molar-refractivity contribution >= 4 is 35.1 Å². The molecule has 138 valence electrons. The van der Waals surface area contributed by atoms with Crippen LogP contribution in [0.1, 0.15) is 29.5 Å². The van der Waals surface area contributed by atoms with Gasteiger partial charge in [0.2, 0.25) is 11.8 Å². The van der Waals surface area contributed by atoms with Crippen LogP contribution >= 0.6 is 11.6 Å². The lowest BCUT2D eigenvalue weighted by Crippen LogP contribution is -2.34. The molecule has 1 N–H and O–H groups in total. The predicted molar refractivity (Wildman–Crippen MR) is 96.0 cm³/mol. The maximum Gasteiger partial charge on any atom is 0.337 e. The van der Waals surface area contributed by atoms with Crippen LogP contribution in [0.4, 0.5) is 5.69 Å². The van der Waals surface area contributed by atoms with Crippen LogP contribution < -0.4 is 10.2 Å². The molecular formula is C18H19ClN2O5. The minimum absolute atomic E-state index is 0.0685. The Labute approximate surface area is 155 Å². The third kappa shape index (κ3) is 5.10. The van der Waals surface area contributed by atoms with Gasteiger partial charge in [-0.1, -0.05) is 11.6 Å². The molecule has 0 saturated carbocycles. The summed E-state index contributed by atoms with van der Waals surface area (Å²) in [5.74, 6) is -0.446. The Hall–Kier alpha value is -2.80. The van der Waals surface area contributed by atoms with Crippen molar-refractivity contribution in [3.63, 3.8) is 0 Å².